The third-order valence-corrected chi connectivity index (χ3v) is 3.96. The lowest BCUT2D eigenvalue weighted by Gasteiger charge is -2.07. The molecule has 2 aromatic heterocycles. The Kier molecular flexibility index (Phi) is 5.28. The number of anilines is 1. The van der Waals surface area contributed by atoms with Crippen molar-refractivity contribution >= 4 is 22.8 Å². The largest absolute Gasteiger partial charge is 0.338 e. The summed E-state index contributed by atoms with van der Waals surface area (Å²) in [5, 5.41) is 6.63. The predicted molar refractivity (Wildman–Crippen MR) is 97.1 cm³/mol. The van der Waals surface area contributed by atoms with Crippen LogP contribution in [0.2, 0.25) is 0 Å². The van der Waals surface area contributed by atoms with E-state index in [1.165, 1.54) is 29.8 Å². The molecule has 0 unspecified atom stereocenters. The van der Waals surface area contributed by atoms with Crippen LogP contribution in [0.4, 0.5) is 14.9 Å². The first kappa shape index (κ1) is 17.0. The van der Waals surface area contributed by atoms with Crippen LogP contribution in [0.1, 0.15) is 18.9 Å². The van der Waals surface area contributed by atoms with Crippen molar-refractivity contribution in [2.75, 3.05) is 11.9 Å². The number of carbonyl (C=O) groups is 1. The number of carbonyl (C=O) groups excluding carboxylic acids is 1. The van der Waals surface area contributed by atoms with E-state index in [0.29, 0.717) is 12.2 Å². The monoisotopic (exact) mass is 340 g/mol. The van der Waals surface area contributed by atoms with Crippen LogP contribution in [0.5, 0.6) is 0 Å². The number of aromatic nitrogens is 2. The van der Waals surface area contributed by atoms with Gasteiger partial charge in [-0.05, 0) is 54.8 Å². The van der Waals surface area contributed by atoms with E-state index in [1.54, 1.807) is 6.20 Å². The normalized spacial score (nSPS) is 10.8. The smallest absolute Gasteiger partial charge is 0.319 e. The Balaban J connectivity index is 1.59. The van der Waals surface area contributed by atoms with E-state index in [0.717, 1.165) is 30.4 Å². The average molecular weight is 340 g/mol. The van der Waals surface area contributed by atoms with Gasteiger partial charge < -0.3 is 15.2 Å². The van der Waals surface area contributed by atoms with Crippen molar-refractivity contribution in [3.63, 3.8) is 0 Å². The van der Waals surface area contributed by atoms with Gasteiger partial charge in [0.2, 0.25) is 0 Å². The van der Waals surface area contributed by atoms with Crippen LogP contribution < -0.4 is 10.6 Å². The van der Waals surface area contributed by atoms with Crippen molar-refractivity contribution < 1.29 is 9.18 Å². The highest BCUT2D eigenvalue weighted by molar-refractivity contribution is 5.89. The minimum atomic E-state index is -0.331. The van der Waals surface area contributed by atoms with Crippen molar-refractivity contribution in [1.29, 1.82) is 0 Å². The summed E-state index contributed by atoms with van der Waals surface area (Å²) in [6.45, 7) is 3.56. The maximum Gasteiger partial charge on any atom is 0.319 e. The van der Waals surface area contributed by atoms with Gasteiger partial charge in [0.15, 0.2) is 0 Å². The van der Waals surface area contributed by atoms with Crippen LogP contribution in [0.15, 0.2) is 48.8 Å². The molecule has 0 radical (unpaired) electrons. The van der Waals surface area contributed by atoms with E-state index in [4.69, 9.17) is 0 Å². The molecule has 0 atom stereocenters. The Morgan fingerprint density at radius 2 is 2.04 bits per heavy atom. The fourth-order valence-electron chi connectivity index (χ4n) is 2.83. The number of halogens is 1. The van der Waals surface area contributed by atoms with Gasteiger partial charge in [-0.2, -0.15) is 0 Å². The molecule has 1 aromatic carbocycles. The third kappa shape index (κ3) is 4.15. The predicted octanol–water partition coefficient (Wildman–Crippen LogP) is 3.95. The number of hydrogen-bond donors (Lipinski definition) is 2. The molecule has 3 aromatic rings. The lowest BCUT2D eigenvalue weighted by Crippen LogP contribution is -2.30. The molecular weight excluding hydrogens is 319 g/mol. The van der Waals surface area contributed by atoms with Crippen LogP contribution in [-0.4, -0.2) is 22.1 Å². The Morgan fingerprint density at radius 3 is 2.80 bits per heavy atom. The highest BCUT2D eigenvalue weighted by Crippen LogP contribution is 2.20. The number of pyridine rings is 1. The number of amides is 2. The molecule has 0 aliphatic heterocycles. The first-order chi connectivity index (χ1) is 12.2. The van der Waals surface area contributed by atoms with Crippen LogP contribution in [0, 0.1) is 5.82 Å². The maximum absolute atomic E-state index is 12.9. The van der Waals surface area contributed by atoms with Crippen LogP contribution in [0.3, 0.4) is 0 Å². The number of rotatable bonds is 6. The second kappa shape index (κ2) is 7.79. The average Bonchev–Trinajstić information content (AvgIpc) is 2.96. The molecule has 0 spiro atoms. The molecule has 0 saturated carbocycles. The van der Waals surface area contributed by atoms with Crippen LogP contribution in [0.25, 0.3) is 11.0 Å². The summed E-state index contributed by atoms with van der Waals surface area (Å²) in [5.74, 6) is -0.331. The van der Waals surface area contributed by atoms with Crippen molar-refractivity contribution in [2.24, 2.45) is 0 Å². The number of benzene rings is 1. The lowest BCUT2D eigenvalue weighted by molar-refractivity contribution is 0.252. The summed E-state index contributed by atoms with van der Waals surface area (Å²) in [7, 11) is 0. The van der Waals surface area contributed by atoms with Gasteiger partial charge in [0, 0.05) is 36.6 Å². The van der Waals surface area contributed by atoms with Gasteiger partial charge in [-0.3, -0.25) is 0 Å². The fraction of sp³-hybridized carbons (Fsp3) is 0.263. The molecule has 0 aliphatic rings. The highest BCUT2D eigenvalue weighted by Gasteiger charge is 2.09. The lowest BCUT2D eigenvalue weighted by atomic mass is 10.1. The maximum atomic E-state index is 12.9. The molecule has 0 aliphatic carbocycles. The van der Waals surface area contributed by atoms with E-state index < -0.39 is 0 Å². The molecular formula is C19H21FN4O. The van der Waals surface area contributed by atoms with Gasteiger partial charge in [-0.15, -0.1) is 0 Å². The Bertz CT molecular complexity index is 857. The van der Waals surface area contributed by atoms with Crippen molar-refractivity contribution in [1.82, 2.24) is 14.9 Å². The number of nitrogens with one attached hydrogen (secondary N) is 2. The first-order valence-corrected chi connectivity index (χ1v) is 8.40. The molecule has 25 heavy (non-hydrogen) atoms. The van der Waals surface area contributed by atoms with Gasteiger partial charge in [0.1, 0.15) is 11.5 Å². The Morgan fingerprint density at radius 1 is 1.24 bits per heavy atom. The minimum Gasteiger partial charge on any atom is -0.338 e. The summed E-state index contributed by atoms with van der Waals surface area (Å²) in [4.78, 5) is 16.4. The van der Waals surface area contributed by atoms with Crippen LogP contribution >= 0.6 is 0 Å². The van der Waals surface area contributed by atoms with E-state index >= 15 is 0 Å². The second-order valence-electron chi connectivity index (χ2n) is 5.86. The standard InChI is InChI=1S/C19H21FN4O/c1-2-12-24-13-14(17-4-3-10-21-18(17)24)9-11-22-19(25)23-16-7-5-15(20)6-8-16/h3-8,10,13H,2,9,11-12H2,1H3,(H2,22,23,25). The van der Waals surface area contributed by atoms with Crippen molar-refractivity contribution in [3.8, 4) is 0 Å². The van der Waals surface area contributed by atoms with E-state index in [1.807, 2.05) is 6.07 Å². The number of urea groups is 1. The second-order valence-corrected chi connectivity index (χ2v) is 5.86. The molecule has 0 saturated heterocycles. The number of hydrogen-bond acceptors (Lipinski definition) is 2. The number of fused-ring (bicyclic) bond motifs is 1. The summed E-state index contributed by atoms with van der Waals surface area (Å²) in [6.07, 6.45) is 5.67. The number of aryl methyl sites for hydroxylation is 1. The molecule has 2 heterocycles. The molecule has 2 N–H and O–H groups in total. The SMILES string of the molecule is CCCn1cc(CCNC(=O)Nc2ccc(F)cc2)c2cccnc21. The van der Waals surface area contributed by atoms with Gasteiger partial charge in [-0.25, -0.2) is 14.2 Å². The minimum absolute atomic E-state index is 0.304. The molecule has 0 fully saturated rings. The first-order valence-electron chi connectivity index (χ1n) is 8.40. The van der Waals surface area contributed by atoms with Gasteiger partial charge in [0.05, 0.1) is 0 Å². The van der Waals surface area contributed by atoms with Crippen molar-refractivity contribution in [2.45, 2.75) is 26.3 Å². The molecule has 5 nitrogen and oxygen atoms in total. The summed E-state index contributed by atoms with van der Waals surface area (Å²) >= 11 is 0. The van der Waals surface area contributed by atoms with E-state index in [9.17, 15) is 9.18 Å². The molecule has 3 rings (SSSR count). The molecule has 6 heteroatoms. The summed E-state index contributed by atoms with van der Waals surface area (Å²) in [6, 6.07) is 9.36. The zero-order chi connectivity index (χ0) is 17.6. The molecule has 2 amide bonds. The van der Waals surface area contributed by atoms with Gasteiger partial charge in [0.25, 0.3) is 0 Å². The van der Waals surface area contributed by atoms with Gasteiger partial charge >= 0.3 is 6.03 Å². The molecule has 130 valence electrons. The molecule has 0 bridgehead atoms. The van der Waals surface area contributed by atoms with E-state index in [-0.39, 0.29) is 11.8 Å². The topological polar surface area (TPSA) is 59.0 Å². The fourth-order valence-corrected chi connectivity index (χ4v) is 2.83. The van der Waals surface area contributed by atoms with E-state index in [2.05, 4.69) is 39.4 Å². The third-order valence-electron chi connectivity index (χ3n) is 3.96. The summed E-state index contributed by atoms with van der Waals surface area (Å²) in [5.41, 5.74) is 2.70. The zero-order valence-electron chi connectivity index (χ0n) is 14.1. The van der Waals surface area contributed by atoms with Gasteiger partial charge in [-0.1, -0.05) is 6.92 Å². The summed E-state index contributed by atoms with van der Waals surface area (Å²) < 4.78 is 15.0. The Labute approximate surface area is 145 Å². The number of nitrogens with zero attached hydrogens (tertiary/aromatic N) is 2. The highest BCUT2D eigenvalue weighted by atomic mass is 19.1. The quantitative estimate of drug-likeness (QED) is 0.714. The zero-order valence-corrected chi connectivity index (χ0v) is 14.1. The van der Waals surface area contributed by atoms with Crippen LogP contribution in [-0.2, 0) is 13.0 Å². The Hall–Kier alpha value is -2.89. The van der Waals surface area contributed by atoms with Crippen molar-refractivity contribution in [3.05, 3.63) is 60.2 Å².